The second-order valence-electron chi connectivity index (χ2n) is 3.36. The van der Waals surface area contributed by atoms with E-state index in [1.807, 2.05) is 0 Å². The molecular weight excluding hydrogens is 114 g/mol. The first kappa shape index (κ1) is 6.75. The van der Waals surface area contributed by atoms with Crippen molar-refractivity contribution in [3.05, 3.63) is 0 Å². The lowest BCUT2D eigenvalue weighted by molar-refractivity contribution is -0.112. The third-order valence-corrected chi connectivity index (χ3v) is 2.11. The predicted octanol–water partition coefficient (Wildman–Crippen LogP) is 0.431. The van der Waals surface area contributed by atoms with Gasteiger partial charge in [-0.15, -0.1) is 0 Å². The fraction of sp³-hybridized carbons (Fsp3) is 0.857. The molecule has 0 amide bonds. The van der Waals surface area contributed by atoms with Crippen molar-refractivity contribution in [1.29, 1.82) is 0 Å². The Morgan fingerprint density at radius 1 is 1.67 bits per heavy atom. The summed E-state index contributed by atoms with van der Waals surface area (Å²) in [5.41, 5.74) is 0.182. The fourth-order valence-corrected chi connectivity index (χ4v) is 1.19. The summed E-state index contributed by atoms with van der Waals surface area (Å²) in [5, 5.41) is 3.18. The van der Waals surface area contributed by atoms with Gasteiger partial charge in [0.05, 0.1) is 0 Å². The Bertz CT molecular complexity index is 120. The van der Waals surface area contributed by atoms with Crippen LogP contribution in [0.25, 0.3) is 0 Å². The maximum Gasteiger partial charge on any atom is 0.124 e. The van der Waals surface area contributed by atoms with Crippen LogP contribution in [0, 0.1) is 11.3 Å². The lowest BCUT2D eigenvalue weighted by atomic mass is 9.83. The van der Waals surface area contributed by atoms with Crippen LogP contribution in [0.3, 0.4) is 0 Å². The molecule has 1 aliphatic rings. The van der Waals surface area contributed by atoms with Crippen LogP contribution in [-0.2, 0) is 4.79 Å². The van der Waals surface area contributed by atoms with Crippen molar-refractivity contribution in [3.63, 3.8) is 0 Å². The topological polar surface area (TPSA) is 29.1 Å². The smallest absolute Gasteiger partial charge is 0.124 e. The molecule has 0 aromatic heterocycles. The first-order valence-electron chi connectivity index (χ1n) is 3.33. The van der Waals surface area contributed by atoms with Crippen LogP contribution in [0.4, 0.5) is 0 Å². The molecule has 0 saturated carbocycles. The highest BCUT2D eigenvalue weighted by Gasteiger charge is 2.33. The third kappa shape index (κ3) is 1.13. The van der Waals surface area contributed by atoms with E-state index in [1.165, 1.54) is 0 Å². The van der Waals surface area contributed by atoms with Gasteiger partial charge in [0, 0.05) is 19.0 Å². The predicted molar refractivity (Wildman–Crippen MR) is 36.2 cm³/mol. The fourth-order valence-electron chi connectivity index (χ4n) is 1.19. The third-order valence-electron chi connectivity index (χ3n) is 2.11. The molecule has 1 fully saturated rings. The van der Waals surface area contributed by atoms with Crippen molar-refractivity contribution >= 4 is 6.29 Å². The number of carbonyl (C=O) groups excluding carboxylic acids is 1. The average Bonchev–Trinajstić information content (AvgIpc) is 2.08. The molecule has 1 saturated heterocycles. The number of aldehydes is 1. The minimum atomic E-state index is 0.182. The van der Waals surface area contributed by atoms with Crippen LogP contribution in [0.2, 0.25) is 0 Å². The molecule has 1 N–H and O–H groups in total. The van der Waals surface area contributed by atoms with Crippen molar-refractivity contribution in [2.24, 2.45) is 11.3 Å². The van der Waals surface area contributed by atoms with Crippen molar-refractivity contribution in [2.45, 2.75) is 13.8 Å². The highest BCUT2D eigenvalue weighted by molar-refractivity contribution is 5.56. The molecule has 0 aliphatic carbocycles. The molecule has 9 heavy (non-hydrogen) atoms. The van der Waals surface area contributed by atoms with E-state index < -0.39 is 0 Å². The Labute approximate surface area is 55.6 Å². The maximum absolute atomic E-state index is 10.4. The lowest BCUT2D eigenvalue weighted by Crippen LogP contribution is -2.22. The van der Waals surface area contributed by atoms with Gasteiger partial charge in [-0.2, -0.15) is 0 Å². The van der Waals surface area contributed by atoms with Gasteiger partial charge in [0.2, 0.25) is 0 Å². The molecule has 1 rings (SSSR count). The normalized spacial score (nSPS) is 32.4. The summed E-state index contributed by atoms with van der Waals surface area (Å²) >= 11 is 0. The Kier molecular flexibility index (Phi) is 1.58. The van der Waals surface area contributed by atoms with E-state index in [2.05, 4.69) is 19.2 Å². The van der Waals surface area contributed by atoms with Crippen molar-refractivity contribution in [2.75, 3.05) is 13.1 Å². The van der Waals surface area contributed by atoms with Crippen molar-refractivity contribution < 1.29 is 4.79 Å². The summed E-state index contributed by atoms with van der Waals surface area (Å²) in [6.45, 7) is 6.06. The quantitative estimate of drug-likeness (QED) is 0.517. The van der Waals surface area contributed by atoms with Gasteiger partial charge in [0.1, 0.15) is 6.29 Å². The van der Waals surface area contributed by atoms with Gasteiger partial charge in [-0.1, -0.05) is 13.8 Å². The largest absolute Gasteiger partial charge is 0.315 e. The van der Waals surface area contributed by atoms with E-state index in [1.54, 1.807) is 0 Å². The van der Waals surface area contributed by atoms with Gasteiger partial charge >= 0.3 is 0 Å². The standard InChI is InChI=1S/C7H13NO/c1-7(2)5-8-3-6(7)4-9/h4,6,8H,3,5H2,1-2H3/t6-/m1/s1. The number of hydrogen-bond donors (Lipinski definition) is 1. The molecular formula is C7H13NO. The van der Waals surface area contributed by atoms with Gasteiger partial charge < -0.3 is 10.1 Å². The molecule has 0 radical (unpaired) electrons. The number of nitrogens with one attached hydrogen (secondary N) is 1. The molecule has 1 heterocycles. The molecule has 0 unspecified atom stereocenters. The summed E-state index contributed by atoms with van der Waals surface area (Å²) in [6.07, 6.45) is 1.06. The number of carbonyl (C=O) groups is 1. The molecule has 0 aromatic carbocycles. The van der Waals surface area contributed by atoms with Crippen LogP contribution >= 0.6 is 0 Å². The van der Waals surface area contributed by atoms with Gasteiger partial charge in [-0.05, 0) is 5.41 Å². The van der Waals surface area contributed by atoms with Crippen LogP contribution in [0.5, 0.6) is 0 Å². The second-order valence-corrected chi connectivity index (χ2v) is 3.36. The van der Waals surface area contributed by atoms with Crippen molar-refractivity contribution in [3.8, 4) is 0 Å². The highest BCUT2D eigenvalue weighted by Crippen LogP contribution is 2.27. The molecule has 0 aromatic rings. The summed E-state index contributed by atoms with van der Waals surface area (Å²) in [5.74, 6) is 0.220. The summed E-state index contributed by atoms with van der Waals surface area (Å²) in [4.78, 5) is 10.4. The molecule has 1 aliphatic heterocycles. The highest BCUT2D eigenvalue weighted by atomic mass is 16.1. The summed E-state index contributed by atoms with van der Waals surface area (Å²) in [7, 11) is 0. The van der Waals surface area contributed by atoms with Crippen LogP contribution in [-0.4, -0.2) is 19.4 Å². The van der Waals surface area contributed by atoms with E-state index in [0.717, 1.165) is 19.4 Å². The van der Waals surface area contributed by atoms with E-state index in [9.17, 15) is 4.79 Å². The molecule has 0 spiro atoms. The Morgan fingerprint density at radius 3 is 2.56 bits per heavy atom. The van der Waals surface area contributed by atoms with Gasteiger partial charge in [0.15, 0.2) is 0 Å². The molecule has 2 heteroatoms. The van der Waals surface area contributed by atoms with E-state index in [-0.39, 0.29) is 11.3 Å². The zero-order valence-corrected chi connectivity index (χ0v) is 5.98. The van der Waals surface area contributed by atoms with Crippen molar-refractivity contribution in [1.82, 2.24) is 5.32 Å². The second kappa shape index (κ2) is 2.10. The summed E-state index contributed by atoms with van der Waals surface area (Å²) in [6, 6.07) is 0. The zero-order chi connectivity index (χ0) is 6.91. The van der Waals surface area contributed by atoms with E-state index in [4.69, 9.17) is 0 Å². The number of hydrogen-bond acceptors (Lipinski definition) is 2. The van der Waals surface area contributed by atoms with Gasteiger partial charge in [-0.3, -0.25) is 0 Å². The van der Waals surface area contributed by atoms with E-state index in [0.29, 0.717) is 0 Å². The van der Waals surface area contributed by atoms with Gasteiger partial charge in [0.25, 0.3) is 0 Å². The summed E-state index contributed by atoms with van der Waals surface area (Å²) < 4.78 is 0. The zero-order valence-electron chi connectivity index (χ0n) is 5.98. The van der Waals surface area contributed by atoms with E-state index >= 15 is 0 Å². The molecule has 0 bridgehead atoms. The van der Waals surface area contributed by atoms with Crippen LogP contribution in [0.15, 0.2) is 0 Å². The number of rotatable bonds is 1. The first-order chi connectivity index (χ1) is 4.17. The minimum absolute atomic E-state index is 0.182. The monoisotopic (exact) mass is 127 g/mol. The molecule has 1 atom stereocenters. The molecule has 52 valence electrons. The average molecular weight is 127 g/mol. The van der Waals surface area contributed by atoms with Crippen LogP contribution < -0.4 is 5.32 Å². The van der Waals surface area contributed by atoms with Gasteiger partial charge in [-0.25, -0.2) is 0 Å². The Morgan fingerprint density at radius 2 is 2.33 bits per heavy atom. The Hall–Kier alpha value is -0.370. The van der Waals surface area contributed by atoms with Crippen LogP contribution in [0.1, 0.15) is 13.8 Å². The first-order valence-corrected chi connectivity index (χ1v) is 3.33. The molecule has 2 nitrogen and oxygen atoms in total. The minimum Gasteiger partial charge on any atom is -0.315 e. The Balaban J connectivity index is 2.62. The lowest BCUT2D eigenvalue weighted by Gasteiger charge is -2.19. The SMILES string of the molecule is CC1(C)CNC[C@@H]1C=O. The maximum atomic E-state index is 10.4.